The summed E-state index contributed by atoms with van der Waals surface area (Å²) in [5.74, 6) is 0. The number of aliphatic hydroxyl groups excluding tert-OH is 1. The molecule has 0 fully saturated rings. The van der Waals surface area contributed by atoms with E-state index in [4.69, 9.17) is 0 Å². The molecule has 0 saturated carbocycles. The van der Waals surface area contributed by atoms with Gasteiger partial charge in [-0.25, -0.2) is 0 Å². The minimum atomic E-state index is -0.603. The Balaban J connectivity index is 2.18. The van der Waals surface area contributed by atoms with E-state index in [2.05, 4.69) is 50.1 Å². The molecule has 0 unspecified atom stereocenters. The SMILES string of the molecule is Cc1cccc(-c2cccc([C@H](O)CNC(C)(C)C)n2)c1. The highest BCUT2D eigenvalue weighted by Gasteiger charge is 2.15. The quantitative estimate of drug-likeness (QED) is 0.903. The molecule has 0 amide bonds. The molecule has 0 bridgehead atoms. The summed E-state index contributed by atoms with van der Waals surface area (Å²) in [4.78, 5) is 4.59. The Bertz CT molecular complexity index is 602. The number of aromatic nitrogens is 1. The molecule has 1 heterocycles. The number of benzene rings is 1. The van der Waals surface area contributed by atoms with Crippen molar-refractivity contribution < 1.29 is 5.11 Å². The van der Waals surface area contributed by atoms with E-state index in [1.165, 1.54) is 5.56 Å². The van der Waals surface area contributed by atoms with Gasteiger partial charge in [-0.1, -0.05) is 29.8 Å². The molecule has 1 aromatic heterocycles. The summed E-state index contributed by atoms with van der Waals surface area (Å²) < 4.78 is 0. The number of hydrogen-bond donors (Lipinski definition) is 2. The lowest BCUT2D eigenvalue weighted by Gasteiger charge is -2.22. The van der Waals surface area contributed by atoms with Crippen molar-refractivity contribution in [2.45, 2.75) is 39.3 Å². The van der Waals surface area contributed by atoms with E-state index in [-0.39, 0.29) is 5.54 Å². The first-order valence-electron chi connectivity index (χ1n) is 7.32. The summed E-state index contributed by atoms with van der Waals surface area (Å²) in [5, 5.41) is 13.6. The summed E-state index contributed by atoms with van der Waals surface area (Å²) >= 11 is 0. The van der Waals surface area contributed by atoms with Gasteiger partial charge in [-0.3, -0.25) is 4.98 Å². The topological polar surface area (TPSA) is 45.1 Å². The van der Waals surface area contributed by atoms with Gasteiger partial charge in [0.05, 0.1) is 11.4 Å². The molecule has 3 nitrogen and oxygen atoms in total. The van der Waals surface area contributed by atoms with Gasteiger partial charge in [0.1, 0.15) is 6.10 Å². The second-order valence-electron chi connectivity index (χ2n) is 6.46. The average molecular weight is 284 g/mol. The van der Waals surface area contributed by atoms with Crippen LogP contribution in [0.25, 0.3) is 11.3 Å². The van der Waals surface area contributed by atoms with E-state index in [0.717, 1.165) is 11.3 Å². The van der Waals surface area contributed by atoms with Crippen LogP contribution in [0, 0.1) is 6.92 Å². The van der Waals surface area contributed by atoms with Gasteiger partial charge in [0, 0.05) is 17.6 Å². The van der Waals surface area contributed by atoms with Crippen LogP contribution in [-0.2, 0) is 0 Å². The molecule has 0 saturated heterocycles. The van der Waals surface area contributed by atoms with Crippen molar-refractivity contribution in [2.24, 2.45) is 0 Å². The molecule has 112 valence electrons. The molecule has 2 aromatic rings. The summed E-state index contributed by atoms with van der Waals surface area (Å²) in [6.45, 7) is 8.80. The van der Waals surface area contributed by atoms with Crippen LogP contribution in [0.3, 0.4) is 0 Å². The number of nitrogens with zero attached hydrogens (tertiary/aromatic N) is 1. The molecule has 21 heavy (non-hydrogen) atoms. The van der Waals surface area contributed by atoms with Gasteiger partial charge in [-0.2, -0.15) is 0 Å². The maximum absolute atomic E-state index is 10.3. The van der Waals surface area contributed by atoms with Crippen molar-refractivity contribution in [1.82, 2.24) is 10.3 Å². The molecule has 0 aliphatic carbocycles. The molecular weight excluding hydrogens is 260 g/mol. The van der Waals surface area contributed by atoms with Crippen molar-refractivity contribution in [3.8, 4) is 11.3 Å². The molecule has 3 heteroatoms. The van der Waals surface area contributed by atoms with E-state index < -0.39 is 6.10 Å². The fourth-order valence-corrected chi connectivity index (χ4v) is 2.11. The number of hydrogen-bond acceptors (Lipinski definition) is 3. The van der Waals surface area contributed by atoms with Crippen molar-refractivity contribution in [3.05, 3.63) is 53.7 Å². The lowest BCUT2D eigenvalue weighted by Crippen LogP contribution is -2.38. The van der Waals surface area contributed by atoms with E-state index in [1.807, 2.05) is 30.3 Å². The third-order valence-electron chi connectivity index (χ3n) is 3.25. The predicted octanol–water partition coefficient (Wildman–Crippen LogP) is 3.48. The van der Waals surface area contributed by atoms with Crippen LogP contribution in [0.4, 0.5) is 0 Å². The first-order chi connectivity index (χ1) is 9.85. The Labute approximate surface area is 127 Å². The number of nitrogens with one attached hydrogen (secondary N) is 1. The zero-order valence-corrected chi connectivity index (χ0v) is 13.2. The minimum Gasteiger partial charge on any atom is -0.385 e. The molecule has 0 aliphatic heterocycles. The fourth-order valence-electron chi connectivity index (χ4n) is 2.11. The van der Waals surface area contributed by atoms with Crippen LogP contribution in [0.5, 0.6) is 0 Å². The molecule has 0 spiro atoms. The summed E-state index contributed by atoms with van der Waals surface area (Å²) in [7, 11) is 0. The van der Waals surface area contributed by atoms with Gasteiger partial charge in [0.15, 0.2) is 0 Å². The van der Waals surface area contributed by atoms with Crippen LogP contribution in [0.1, 0.15) is 38.1 Å². The average Bonchev–Trinajstić information content (AvgIpc) is 2.44. The van der Waals surface area contributed by atoms with Crippen LogP contribution in [0.2, 0.25) is 0 Å². The van der Waals surface area contributed by atoms with Gasteiger partial charge in [-0.15, -0.1) is 0 Å². The summed E-state index contributed by atoms with van der Waals surface area (Å²) in [6.07, 6.45) is -0.603. The van der Waals surface area contributed by atoms with E-state index in [9.17, 15) is 5.11 Å². The lowest BCUT2D eigenvalue weighted by atomic mass is 10.1. The Morgan fingerprint density at radius 3 is 2.52 bits per heavy atom. The van der Waals surface area contributed by atoms with Gasteiger partial charge in [0.25, 0.3) is 0 Å². The molecule has 1 atom stereocenters. The Morgan fingerprint density at radius 1 is 1.14 bits per heavy atom. The number of β-amino-alcohol motifs (C(OH)–C–C–N with tert-alkyl or cyclic N) is 1. The predicted molar refractivity (Wildman–Crippen MR) is 87.1 cm³/mol. The van der Waals surface area contributed by atoms with E-state index >= 15 is 0 Å². The third kappa shape index (κ3) is 4.66. The van der Waals surface area contributed by atoms with Crippen LogP contribution in [0.15, 0.2) is 42.5 Å². The molecule has 0 radical (unpaired) electrons. The second-order valence-corrected chi connectivity index (χ2v) is 6.46. The van der Waals surface area contributed by atoms with Crippen LogP contribution in [-0.4, -0.2) is 22.2 Å². The first kappa shape index (κ1) is 15.7. The number of aryl methyl sites for hydroxylation is 1. The standard InChI is InChI=1S/C18H24N2O/c1-13-7-5-8-14(11-13)15-9-6-10-16(20-15)17(21)12-19-18(2,3)4/h5-11,17,19,21H,12H2,1-4H3/t17-/m1/s1. The largest absolute Gasteiger partial charge is 0.385 e. The Kier molecular flexibility index (Phi) is 4.76. The number of rotatable bonds is 4. The van der Waals surface area contributed by atoms with Crippen LogP contribution < -0.4 is 5.32 Å². The maximum atomic E-state index is 10.3. The Hall–Kier alpha value is -1.71. The van der Waals surface area contributed by atoms with Gasteiger partial charge < -0.3 is 10.4 Å². The molecule has 1 aromatic carbocycles. The highest BCUT2D eigenvalue weighted by molar-refractivity contribution is 5.60. The summed E-state index contributed by atoms with van der Waals surface area (Å²) in [6, 6.07) is 14.0. The smallest absolute Gasteiger partial charge is 0.108 e. The molecule has 2 rings (SSSR count). The zero-order chi connectivity index (χ0) is 15.5. The van der Waals surface area contributed by atoms with Gasteiger partial charge in [0.2, 0.25) is 0 Å². The minimum absolute atomic E-state index is 0.0187. The normalized spacial score (nSPS) is 13.2. The van der Waals surface area contributed by atoms with E-state index in [1.54, 1.807) is 0 Å². The van der Waals surface area contributed by atoms with Crippen LogP contribution >= 0.6 is 0 Å². The lowest BCUT2D eigenvalue weighted by molar-refractivity contribution is 0.159. The van der Waals surface area contributed by atoms with Gasteiger partial charge >= 0.3 is 0 Å². The molecule has 2 N–H and O–H groups in total. The monoisotopic (exact) mass is 284 g/mol. The fraction of sp³-hybridized carbons (Fsp3) is 0.389. The highest BCUT2D eigenvalue weighted by Crippen LogP contribution is 2.20. The summed E-state index contributed by atoms with van der Waals surface area (Å²) in [5.41, 5.74) is 3.86. The molecular formula is C18H24N2O. The highest BCUT2D eigenvalue weighted by atomic mass is 16.3. The van der Waals surface area contributed by atoms with Crippen molar-refractivity contribution in [2.75, 3.05) is 6.54 Å². The zero-order valence-electron chi connectivity index (χ0n) is 13.2. The second kappa shape index (κ2) is 6.37. The van der Waals surface area contributed by atoms with Crippen molar-refractivity contribution in [1.29, 1.82) is 0 Å². The Morgan fingerprint density at radius 2 is 1.86 bits per heavy atom. The molecule has 0 aliphatic rings. The third-order valence-corrected chi connectivity index (χ3v) is 3.25. The van der Waals surface area contributed by atoms with Gasteiger partial charge in [-0.05, 0) is 45.9 Å². The van der Waals surface area contributed by atoms with Crippen molar-refractivity contribution in [3.63, 3.8) is 0 Å². The van der Waals surface area contributed by atoms with Crippen molar-refractivity contribution >= 4 is 0 Å². The number of aliphatic hydroxyl groups is 1. The number of pyridine rings is 1. The first-order valence-corrected chi connectivity index (χ1v) is 7.32. The maximum Gasteiger partial charge on any atom is 0.108 e. The van der Waals surface area contributed by atoms with E-state index in [0.29, 0.717) is 12.2 Å².